The molecule has 256 valence electrons. The van der Waals surface area contributed by atoms with Gasteiger partial charge in [-0.1, -0.05) is 19.9 Å². The van der Waals surface area contributed by atoms with Crippen LogP contribution >= 0.6 is 11.3 Å². The molecule has 7 heterocycles. The van der Waals surface area contributed by atoms with Gasteiger partial charge in [0.1, 0.15) is 12.1 Å². The average Bonchev–Trinajstić information content (AvgIpc) is 3.84. The third kappa shape index (κ3) is 5.93. The fourth-order valence-electron chi connectivity index (χ4n) is 8.08. The van der Waals surface area contributed by atoms with Gasteiger partial charge in [-0.3, -0.25) is 9.97 Å². The predicted octanol–water partition coefficient (Wildman–Crippen LogP) is 7.27. The second-order valence-corrected chi connectivity index (χ2v) is 17.3. The van der Waals surface area contributed by atoms with Gasteiger partial charge in [-0.05, 0) is 81.9 Å². The molecule has 8 rings (SSSR count). The molecular formula is C36H41N7O4S2. The van der Waals surface area contributed by atoms with E-state index in [0.717, 1.165) is 64.4 Å². The van der Waals surface area contributed by atoms with E-state index in [0.29, 0.717) is 35.1 Å². The fourth-order valence-corrected chi connectivity index (χ4v) is 11.5. The first-order valence-electron chi connectivity index (χ1n) is 17.3. The molecule has 1 aliphatic carbocycles. The number of pyridine rings is 2. The third-order valence-corrected chi connectivity index (χ3v) is 13.3. The summed E-state index contributed by atoms with van der Waals surface area (Å²) in [7, 11) is -3.69. The van der Waals surface area contributed by atoms with Crippen molar-refractivity contribution in [2.24, 2.45) is 11.8 Å². The van der Waals surface area contributed by atoms with Crippen LogP contribution < -0.4 is 5.32 Å². The first kappa shape index (κ1) is 32.4. The molecule has 2 aliphatic heterocycles. The van der Waals surface area contributed by atoms with Gasteiger partial charge < -0.3 is 14.5 Å². The number of sulfone groups is 1. The molecule has 49 heavy (non-hydrogen) atoms. The maximum atomic E-state index is 14.2. The quantitative estimate of drug-likeness (QED) is 0.174. The molecule has 0 aromatic carbocycles. The molecule has 0 radical (unpaired) electrons. The van der Waals surface area contributed by atoms with Crippen LogP contribution in [0.15, 0.2) is 40.0 Å². The molecule has 1 N–H and O–H groups in total. The summed E-state index contributed by atoms with van der Waals surface area (Å²) in [4.78, 5) is 20.1. The Balaban J connectivity index is 1.30. The van der Waals surface area contributed by atoms with Crippen molar-refractivity contribution in [1.82, 2.24) is 30.1 Å². The number of hydrogen-bond donors (Lipinski definition) is 1. The lowest BCUT2D eigenvalue weighted by Gasteiger charge is -2.32. The van der Waals surface area contributed by atoms with Gasteiger partial charge in [0.05, 0.1) is 56.1 Å². The molecule has 0 bridgehead atoms. The number of thiophene rings is 1. The number of aromatic nitrogens is 6. The summed E-state index contributed by atoms with van der Waals surface area (Å²) in [5, 5.41) is 12.3. The first-order valence-corrected chi connectivity index (χ1v) is 19.7. The topological polar surface area (TPSA) is 146 Å². The summed E-state index contributed by atoms with van der Waals surface area (Å²) in [5.74, 6) is 1.76. The smallest absolute Gasteiger partial charge is 0.250 e. The Bertz CT molecular complexity index is 2150. The standard InChI is InChI=1S/C36H41N7O4S2/c1-18(2)24-16-49(44,45)34-31(29-15-28-33(48-29)35(39-17-38-28)41-26-11-10-25-23(26)7-6-12-37-25)30(36-43-42-21(5)47-36)27(40-32(24)34)9-8-22-13-19(3)46-20(4)14-22/h6-7,12,15,17-20,22,24,26H,8-11,13-14,16H2,1-5H3,(H,38,39,41)/t19-,20+,22?,24?,26-/m1/s1. The minimum absolute atomic E-state index is 0.0212. The van der Waals surface area contributed by atoms with E-state index in [1.165, 1.54) is 16.9 Å². The molecule has 5 aromatic rings. The minimum atomic E-state index is -3.69. The van der Waals surface area contributed by atoms with Gasteiger partial charge in [0.2, 0.25) is 11.8 Å². The summed E-state index contributed by atoms with van der Waals surface area (Å²) in [6.07, 6.45) is 9.11. The zero-order valence-electron chi connectivity index (χ0n) is 28.4. The monoisotopic (exact) mass is 699 g/mol. The number of anilines is 1. The van der Waals surface area contributed by atoms with Crippen molar-refractivity contribution in [3.05, 3.63) is 59.3 Å². The van der Waals surface area contributed by atoms with E-state index in [1.807, 2.05) is 18.3 Å². The summed E-state index contributed by atoms with van der Waals surface area (Å²) in [5.41, 5.74) is 5.65. The van der Waals surface area contributed by atoms with Crippen LogP contribution in [0.25, 0.3) is 32.1 Å². The molecule has 13 heteroatoms. The van der Waals surface area contributed by atoms with Crippen molar-refractivity contribution < 1.29 is 17.6 Å². The summed E-state index contributed by atoms with van der Waals surface area (Å²) >= 11 is 1.49. The number of rotatable bonds is 8. The number of hydrogen-bond acceptors (Lipinski definition) is 12. The normalized spacial score (nSPS) is 24.4. The van der Waals surface area contributed by atoms with Gasteiger partial charge in [0.15, 0.2) is 9.84 Å². The summed E-state index contributed by atoms with van der Waals surface area (Å²) in [6, 6.07) is 6.13. The lowest BCUT2D eigenvalue weighted by Crippen LogP contribution is -2.29. The largest absolute Gasteiger partial charge is 0.421 e. The third-order valence-electron chi connectivity index (χ3n) is 10.3. The molecule has 1 fully saturated rings. The van der Waals surface area contributed by atoms with Crippen molar-refractivity contribution in [1.29, 1.82) is 0 Å². The fraction of sp³-hybridized carbons (Fsp3) is 0.500. The number of fused-ring (bicyclic) bond motifs is 3. The molecule has 0 saturated carbocycles. The zero-order valence-corrected chi connectivity index (χ0v) is 30.1. The number of aryl methyl sites for hydroxylation is 3. The van der Waals surface area contributed by atoms with Crippen LogP contribution in [-0.2, 0) is 27.4 Å². The molecule has 0 spiro atoms. The Hall–Kier alpha value is -3.81. The van der Waals surface area contributed by atoms with Crippen molar-refractivity contribution in [3.8, 4) is 21.9 Å². The Kier molecular flexibility index (Phi) is 8.27. The van der Waals surface area contributed by atoms with Crippen molar-refractivity contribution in [2.75, 3.05) is 11.1 Å². The van der Waals surface area contributed by atoms with Crippen LogP contribution in [-0.4, -0.2) is 56.5 Å². The van der Waals surface area contributed by atoms with Crippen LogP contribution in [0.4, 0.5) is 5.82 Å². The van der Waals surface area contributed by atoms with E-state index in [2.05, 4.69) is 64.2 Å². The molecule has 5 aromatic heterocycles. The van der Waals surface area contributed by atoms with Gasteiger partial charge in [0, 0.05) is 35.2 Å². The highest BCUT2D eigenvalue weighted by Gasteiger charge is 2.43. The summed E-state index contributed by atoms with van der Waals surface area (Å²) < 4.78 is 41.4. The highest BCUT2D eigenvalue weighted by molar-refractivity contribution is 7.92. The molecule has 1 saturated heterocycles. The van der Waals surface area contributed by atoms with Gasteiger partial charge in [-0.2, -0.15) is 0 Å². The predicted molar refractivity (Wildman–Crippen MR) is 188 cm³/mol. The maximum absolute atomic E-state index is 14.2. The Labute approximate surface area is 290 Å². The van der Waals surface area contributed by atoms with E-state index in [-0.39, 0.29) is 46.6 Å². The highest BCUT2D eigenvalue weighted by atomic mass is 32.2. The van der Waals surface area contributed by atoms with Crippen LogP contribution in [0.2, 0.25) is 0 Å². The van der Waals surface area contributed by atoms with Crippen molar-refractivity contribution in [2.45, 2.75) is 102 Å². The van der Waals surface area contributed by atoms with Crippen molar-refractivity contribution >= 4 is 37.2 Å². The van der Waals surface area contributed by atoms with E-state index in [9.17, 15) is 8.42 Å². The maximum Gasteiger partial charge on any atom is 0.250 e. The second-order valence-electron chi connectivity index (χ2n) is 14.2. The lowest BCUT2D eigenvalue weighted by molar-refractivity contribution is -0.0533. The van der Waals surface area contributed by atoms with Crippen LogP contribution in [0.3, 0.4) is 0 Å². The molecule has 3 aliphatic rings. The Morgan fingerprint density at radius 2 is 1.90 bits per heavy atom. The van der Waals surface area contributed by atoms with Crippen LogP contribution in [0.5, 0.6) is 0 Å². The SMILES string of the molecule is Cc1nnc(-c2c(CCC3C[C@@H](C)O[C@@H](C)C3)nc3c(c2-c2cc4ncnc(N[C@@H]5CCc6ncccc65)c4s2)S(=O)(=O)CC3C(C)C)o1. The van der Waals surface area contributed by atoms with Crippen LogP contribution in [0.1, 0.15) is 93.9 Å². The van der Waals surface area contributed by atoms with E-state index in [4.69, 9.17) is 14.1 Å². The molecule has 2 unspecified atom stereocenters. The Morgan fingerprint density at radius 3 is 2.65 bits per heavy atom. The number of ether oxygens (including phenoxy) is 1. The van der Waals surface area contributed by atoms with Gasteiger partial charge in [-0.15, -0.1) is 21.5 Å². The lowest BCUT2D eigenvalue weighted by atomic mass is 9.86. The van der Waals surface area contributed by atoms with Crippen molar-refractivity contribution in [3.63, 3.8) is 0 Å². The van der Waals surface area contributed by atoms with Crippen LogP contribution in [0, 0.1) is 18.8 Å². The van der Waals surface area contributed by atoms with E-state index < -0.39 is 9.84 Å². The number of nitrogens with one attached hydrogen (secondary N) is 1. The molecule has 11 nitrogen and oxygen atoms in total. The zero-order chi connectivity index (χ0) is 34.0. The average molecular weight is 700 g/mol. The first-order chi connectivity index (χ1) is 23.6. The number of nitrogens with zero attached hydrogens (tertiary/aromatic N) is 6. The Morgan fingerprint density at radius 1 is 1.08 bits per heavy atom. The molecular weight excluding hydrogens is 659 g/mol. The second kappa shape index (κ2) is 12.5. The molecule has 5 atom stereocenters. The van der Waals surface area contributed by atoms with E-state index in [1.54, 1.807) is 13.3 Å². The van der Waals surface area contributed by atoms with Gasteiger partial charge in [0.25, 0.3) is 0 Å². The minimum Gasteiger partial charge on any atom is -0.421 e. The van der Waals surface area contributed by atoms with Gasteiger partial charge in [-0.25, -0.2) is 18.4 Å². The molecule has 0 amide bonds. The van der Waals surface area contributed by atoms with E-state index >= 15 is 0 Å². The summed E-state index contributed by atoms with van der Waals surface area (Å²) in [6.45, 7) is 10.2. The highest BCUT2D eigenvalue weighted by Crippen LogP contribution is 2.51. The van der Waals surface area contributed by atoms with Gasteiger partial charge >= 0.3 is 0 Å².